The molecule has 1 aromatic rings. The lowest BCUT2D eigenvalue weighted by Gasteiger charge is -2.06. The third-order valence-corrected chi connectivity index (χ3v) is 2.45. The number of allylic oxidation sites excluding steroid dienone is 1. The van der Waals surface area contributed by atoms with Gasteiger partial charge in [-0.15, -0.1) is 6.42 Å². The van der Waals surface area contributed by atoms with Crippen molar-refractivity contribution < 1.29 is 18.7 Å². The van der Waals surface area contributed by atoms with Crippen molar-refractivity contribution in [2.75, 3.05) is 20.3 Å². The van der Waals surface area contributed by atoms with Crippen molar-refractivity contribution in [2.45, 2.75) is 13.3 Å². The minimum absolute atomic E-state index is 0.206. The van der Waals surface area contributed by atoms with Gasteiger partial charge in [-0.3, -0.25) is 4.79 Å². The predicted octanol–water partition coefficient (Wildman–Crippen LogP) is 1.74. The van der Waals surface area contributed by atoms with E-state index in [1.54, 1.807) is 13.0 Å². The van der Waals surface area contributed by atoms with Gasteiger partial charge in [-0.25, -0.2) is 4.79 Å². The van der Waals surface area contributed by atoms with Gasteiger partial charge >= 0.3 is 5.63 Å². The summed E-state index contributed by atoms with van der Waals surface area (Å²) in [5, 5.41) is 0. The molecule has 0 aromatic carbocycles. The Balaban J connectivity index is 2.75. The van der Waals surface area contributed by atoms with Crippen LogP contribution in [0.25, 0.3) is 0 Å². The Bertz CT molecular complexity index is 589. The number of ketones is 1. The Hall–Kier alpha value is -2.32. The molecule has 5 nitrogen and oxygen atoms in total. The minimum Gasteiger partial charge on any atom is -0.496 e. The lowest BCUT2D eigenvalue weighted by atomic mass is 10.1. The van der Waals surface area contributed by atoms with Crippen molar-refractivity contribution in [2.24, 2.45) is 0 Å². The smallest absolute Gasteiger partial charge is 0.339 e. The van der Waals surface area contributed by atoms with Crippen molar-refractivity contribution in [1.82, 2.24) is 0 Å². The van der Waals surface area contributed by atoms with Crippen molar-refractivity contribution in [1.29, 1.82) is 0 Å². The molecule has 1 rings (SSSR count). The molecule has 0 saturated heterocycles. The first-order chi connectivity index (χ1) is 9.60. The molecule has 0 saturated carbocycles. The van der Waals surface area contributed by atoms with E-state index < -0.39 is 5.63 Å². The van der Waals surface area contributed by atoms with Gasteiger partial charge in [-0.2, -0.15) is 0 Å². The Morgan fingerprint density at radius 1 is 1.55 bits per heavy atom. The summed E-state index contributed by atoms with van der Waals surface area (Å²) in [7, 11) is 1.39. The van der Waals surface area contributed by atoms with Gasteiger partial charge in [0, 0.05) is 0 Å². The zero-order chi connectivity index (χ0) is 15.0. The van der Waals surface area contributed by atoms with Gasteiger partial charge in [-0.05, 0) is 19.4 Å². The molecule has 20 heavy (non-hydrogen) atoms. The highest BCUT2D eigenvalue weighted by Gasteiger charge is 2.16. The number of aryl methyl sites for hydroxylation is 1. The van der Waals surface area contributed by atoms with E-state index in [2.05, 4.69) is 5.92 Å². The summed E-state index contributed by atoms with van der Waals surface area (Å²) in [4.78, 5) is 23.2. The third-order valence-electron chi connectivity index (χ3n) is 2.45. The second-order valence-electron chi connectivity index (χ2n) is 3.88. The van der Waals surface area contributed by atoms with Crippen molar-refractivity contribution in [3.8, 4) is 18.1 Å². The highest BCUT2D eigenvalue weighted by atomic mass is 16.5. The quantitative estimate of drug-likeness (QED) is 0.328. The molecule has 0 fully saturated rings. The van der Waals surface area contributed by atoms with Crippen LogP contribution in [0.15, 0.2) is 27.4 Å². The van der Waals surface area contributed by atoms with Gasteiger partial charge in [0.25, 0.3) is 0 Å². The Labute approximate surface area is 117 Å². The van der Waals surface area contributed by atoms with Gasteiger partial charge in [0.05, 0.1) is 19.8 Å². The van der Waals surface area contributed by atoms with Crippen LogP contribution in [0.3, 0.4) is 0 Å². The number of hydrogen-bond acceptors (Lipinski definition) is 5. The van der Waals surface area contributed by atoms with E-state index in [1.165, 1.54) is 13.2 Å². The van der Waals surface area contributed by atoms with E-state index in [0.29, 0.717) is 13.0 Å². The predicted molar refractivity (Wildman–Crippen MR) is 74.0 cm³/mol. The average molecular weight is 276 g/mol. The average Bonchev–Trinajstić information content (AvgIpc) is 2.41. The fourth-order valence-electron chi connectivity index (χ4n) is 1.60. The van der Waals surface area contributed by atoms with Crippen molar-refractivity contribution in [3.63, 3.8) is 0 Å². The molecule has 0 aliphatic heterocycles. The van der Waals surface area contributed by atoms with E-state index in [9.17, 15) is 9.59 Å². The Morgan fingerprint density at radius 3 is 2.95 bits per heavy atom. The fourth-order valence-corrected chi connectivity index (χ4v) is 1.60. The molecule has 0 spiro atoms. The maximum Gasteiger partial charge on any atom is 0.339 e. The van der Waals surface area contributed by atoms with E-state index in [4.69, 9.17) is 20.3 Å². The van der Waals surface area contributed by atoms with E-state index in [0.717, 1.165) is 6.07 Å². The monoisotopic (exact) mass is 276 g/mol. The normalized spacial score (nSPS) is 10.4. The third kappa shape index (κ3) is 4.41. The highest BCUT2D eigenvalue weighted by molar-refractivity contribution is 6.07. The van der Waals surface area contributed by atoms with Gasteiger partial charge in [0.15, 0.2) is 5.78 Å². The summed E-state index contributed by atoms with van der Waals surface area (Å²) in [6, 6.07) is 1.14. The topological polar surface area (TPSA) is 65.7 Å². The number of ether oxygens (including phenoxy) is 2. The van der Waals surface area contributed by atoms with Gasteiger partial charge < -0.3 is 13.9 Å². The van der Waals surface area contributed by atoms with Crippen molar-refractivity contribution in [3.05, 3.63) is 40.0 Å². The van der Waals surface area contributed by atoms with Crippen LogP contribution < -0.4 is 10.4 Å². The van der Waals surface area contributed by atoms with E-state index in [1.807, 2.05) is 0 Å². The maximum atomic E-state index is 12.0. The molecule has 1 heterocycles. The number of rotatable bonds is 7. The second kappa shape index (κ2) is 7.97. The van der Waals surface area contributed by atoms with Gasteiger partial charge in [-0.1, -0.05) is 12.0 Å². The second-order valence-corrected chi connectivity index (χ2v) is 3.88. The molecule has 0 aliphatic rings. The van der Waals surface area contributed by atoms with Crippen LogP contribution in [0, 0.1) is 19.3 Å². The summed E-state index contributed by atoms with van der Waals surface area (Å²) in [6.45, 7) is 2.23. The summed E-state index contributed by atoms with van der Waals surface area (Å²) >= 11 is 0. The number of hydrogen-bond donors (Lipinski definition) is 0. The lowest BCUT2D eigenvalue weighted by molar-refractivity contribution is 0.104. The summed E-state index contributed by atoms with van der Waals surface area (Å²) < 4.78 is 15.0. The maximum absolute atomic E-state index is 12.0. The fraction of sp³-hybridized carbons (Fsp3) is 0.333. The lowest BCUT2D eigenvalue weighted by Crippen LogP contribution is -2.08. The Kier molecular flexibility index (Phi) is 6.27. The molecular formula is C15H16O5. The molecule has 106 valence electrons. The van der Waals surface area contributed by atoms with Crippen LogP contribution in [0.4, 0.5) is 0 Å². The minimum atomic E-state index is -0.553. The molecule has 0 unspecified atom stereocenters. The van der Waals surface area contributed by atoms with Gasteiger partial charge in [0.2, 0.25) is 0 Å². The largest absolute Gasteiger partial charge is 0.496 e. The number of methoxy groups -OCH3 is 1. The molecule has 0 atom stereocenters. The van der Waals surface area contributed by atoms with E-state index in [-0.39, 0.29) is 29.5 Å². The summed E-state index contributed by atoms with van der Waals surface area (Å²) in [5.74, 6) is 2.49. The van der Waals surface area contributed by atoms with Crippen molar-refractivity contribution >= 4 is 5.78 Å². The summed E-state index contributed by atoms with van der Waals surface area (Å²) in [5.41, 5.74) is -0.310. The van der Waals surface area contributed by atoms with Crippen LogP contribution in [-0.4, -0.2) is 26.1 Å². The Morgan fingerprint density at radius 2 is 2.30 bits per heavy atom. The van der Waals surface area contributed by atoms with Crippen LogP contribution in [0.2, 0.25) is 0 Å². The van der Waals surface area contributed by atoms with Crippen LogP contribution in [0.1, 0.15) is 22.5 Å². The molecular weight excluding hydrogens is 260 g/mol. The van der Waals surface area contributed by atoms with Crippen LogP contribution in [-0.2, 0) is 4.74 Å². The standard InChI is InChI=1S/C15H16O5/c1-4-8-19-9-6-5-7-12(16)15-11(2)20-14(17)10-13(15)18-3/h1,5,7,10H,6,8-9H2,2-3H3/b7-5+. The molecule has 0 N–H and O–H groups in total. The molecule has 0 bridgehead atoms. The van der Waals surface area contributed by atoms with Gasteiger partial charge in [0.1, 0.15) is 23.7 Å². The first-order valence-electron chi connectivity index (χ1n) is 6.01. The molecule has 0 radical (unpaired) electrons. The SMILES string of the molecule is C#CCOCC/C=C/C(=O)c1c(OC)cc(=O)oc1C. The molecule has 0 amide bonds. The molecule has 5 heteroatoms. The first kappa shape index (κ1) is 15.7. The molecule has 1 aromatic heterocycles. The number of carbonyl (C=O) groups is 1. The first-order valence-corrected chi connectivity index (χ1v) is 6.01. The zero-order valence-electron chi connectivity index (χ0n) is 11.5. The van der Waals surface area contributed by atoms with Crippen LogP contribution in [0.5, 0.6) is 5.75 Å². The van der Waals surface area contributed by atoms with Crippen LogP contribution >= 0.6 is 0 Å². The number of terminal acetylenes is 1. The highest BCUT2D eigenvalue weighted by Crippen LogP contribution is 2.20. The zero-order valence-corrected chi connectivity index (χ0v) is 11.5. The summed E-state index contributed by atoms with van der Waals surface area (Å²) in [6.07, 6.45) is 8.65. The van der Waals surface area contributed by atoms with E-state index >= 15 is 0 Å². The number of carbonyl (C=O) groups excluding carboxylic acids is 1. The molecule has 0 aliphatic carbocycles.